The summed E-state index contributed by atoms with van der Waals surface area (Å²) >= 11 is 0. The number of rotatable bonds is 3. The number of hydrogen-bond donors (Lipinski definition) is 2. The molecule has 0 amide bonds. The summed E-state index contributed by atoms with van der Waals surface area (Å²) in [6.07, 6.45) is 2.78. The van der Waals surface area contributed by atoms with Crippen LogP contribution in [0.5, 0.6) is 0 Å². The second kappa shape index (κ2) is 4.60. The molecule has 0 atom stereocenters. The summed E-state index contributed by atoms with van der Waals surface area (Å²) in [5, 5.41) is 15.2. The third-order valence-electron chi connectivity index (χ3n) is 1.10. The van der Waals surface area contributed by atoms with Crippen LogP contribution in [-0.4, -0.2) is 17.2 Å². The fourth-order valence-corrected chi connectivity index (χ4v) is 0.637. The first-order chi connectivity index (χ1) is 6.68. The number of furan rings is 1. The lowest BCUT2D eigenvalue weighted by molar-refractivity contribution is -0.485. The fraction of sp³-hybridized carbons (Fsp3) is 0. The van der Waals surface area contributed by atoms with E-state index in [1.807, 2.05) is 0 Å². The van der Waals surface area contributed by atoms with Crippen molar-refractivity contribution in [1.82, 2.24) is 5.43 Å². The van der Waals surface area contributed by atoms with E-state index in [4.69, 9.17) is 10.2 Å². The van der Waals surface area contributed by atoms with Gasteiger partial charge in [0.2, 0.25) is 0 Å². The Balaban J connectivity index is 2.44. The number of hydrazone groups is 2. The number of nitrogens with two attached hydrogens (primary N) is 1. The first-order valence-electron chi connectivity index (χ1n) is 3.49. The number of guanidine groups is 1. The molecule has 74 valence electrons. The molecule has 0 spiro atoms. The van der Waals surface area contributed by atoms with Crippen LogP contribution in [0.1, 0.15) is 5.76 Å². The smallest absolute Gasteiger partial charge is 0.286 e. The predicted octanol–water partition coefficient (Wildman–Crippen LogP) is -0.291. The van der Waals surface area contributed by atoms with Crippen molar-refractivity contribution in [3.8, 4) is 0 Å². The SMILES string of the molecule is N/C(=N\[N+](=O)[O-])N/N=C\c1ccco1. The van der Waals surface area contributed by atoms with Gasteiger partial charge in [-0.25, -0.2) is 15.5 Å². The molecule has 0 aliphatic rings. The minimum absolute atomic E-state index is 0.405. The van der Waals surface area contributed by atoms with Crippen molar-refractivity contribution in [2.75, 3.05) is 0 Å². The summed E-state index contributed by atoms with van der Waals surface area (Å²) in [5.74, 6) is 0.0872. The average Bonchev–Trinajstić information content (AvgIpc) is 2.55. The molecule has 0 saturated carbocycles. The molecule has 1 rings (SSSR count). The van der Waals surface area contributed by atoms with Gasteiger partial charge in [0.25, 0.3) is 5.96 Å². The van der Waals surface area contributed by atoms with Crippen molar-refractivity contribution < 1.29 is 9.45 Å². The van der Waals surface area contributed by atoms with Gasteiger partial charge in [-0.05, 0) is 12.1 Å². The van der Waals surface area contributed by atoms with Crippen molar-refractivity contribution in [2.45, 2.75) is 0 Å². The Morgan fingerprint density at radius 3 is 3.14 bits per heavy atom. The highest BCUT2D eigenvalue weighted by atomic mass is 16.7. The average molecular weight is 197 g/mol. The Bertz CT molecular complexity index is 356. The Morgan fingerprint density at radius 1 is 1.79 bits per heavy atom. The Kier molecular flexibility index (Phi) is 3.19. The number of hydrogen-bond acceptors (Lipinski definition) is 4. The zero-order valence-electron chi connectivity index (χ0n) is 6.95. The van der Waals surface area contributed by atoms with Gasteiger partial charge >= 0.3 is 0 Å². The molecule has 0 radical (unpaired) electrons. The molecule has 8 heteroatoms. The van der Waals surface area contributed by atoms with Crippen LogP contribution in [0.4, 0.5) is 0 Å². The lowest BCUT2D eigenvalue weighted by Crippen LogP contribution is -2.28. The van der Waals surface area contributed by atoms with Gasteiger partial charge in [0.15, 0.2) is 5.03 Å². The van der Waals surface area contributed by atoms with E-state index >= 15 is 0 Å². The van der Waals surface area contributed by atoms with Crippen LogP contribution in [0.2, 0.25) is 0 Å². The molecule has 0 aliphatic heterocycles. The van der Waals surface area contributed by atoms with Crippen LogP contribution < -0.4 is 11.2 Å². The summed E-state index contributed by atoms with van der Waals surface area (Å²) in [4.78, 5) is 9.83. The highest BCUT2D eigenvalue weighted by Gasteiger charge is 1.95. The third kappa shape index (κ3) is 3.34. The zero-order valence-corrected chi connectivity index (χ0v) is 6.95. The van der Waals surface area contributed by atoms with Gasteiger partial charge in [-0.1, -0.05) is 0 Å². The second-order valence-electron chi connectivity index (χ2n) is 2.11. The second-order valence-corrected chi connectivity index (χ2v) is 2.11. The van der Waals surface area contributed by atoms with Crippen LogP contribution in [0.15, 0.2) is 33.0 Å². The van der Waals surface area contributed by atoms with Crippen molar-refractivity contribution >= 4 is 12.2 Å². The van der Waals surface area contributed by atoms with Gasteiger partial charge in [-0.15, -0.1) is 0 Å². The van der Waals surface area contributed by atoms with Gasteiger partial charge in [0.05, 0.1) is 12.5 Å². The van der Waals surface area contributed by atoms with Crippen molar-refractivity contribution in [1.29, 1.82) is 0 Å². The Hall–Kier alpha value is -2.38. The number of nitrogens with zero attached hydrogens (tertiary/aromatic N) is 3. The van der Waals surface area contributed by atoms with Gasteiger partial charge in [-0.2, -0.15) is 5.10 Å². The van der Waals surface area contributed by atoms with E-state index in [-0.39, 0.29) is 0 Å². The van der Waals surface area contributed by atoms with E-state index in [2.05, 4.69) is 15.6 Å². The third-order valence-corrected chi connectivity index (χ3v) is 1.10. The normalized spacial score (nSPS) is 11.9. The van der Waals surface area contributed by atoms with E-state index < -0.39 is 11.0 Å². The summed E-state index contributed by atoms with van der Waals surface area (Å²) in [7, 11) is 0. The predicted molar refractivity (Wildman–Crippen MR) is 48.1 cm³/mol. The molecule has 3 N–H and O–H groups in total. The summed E-state index contributed by atoms with van der Waals surface area (Å²) < 4.78 is 4.89. The lowest BCUT2D eigenvalue weighted by Gasteiger charge is -1.91. The van der Waals surface area contributed by atoms with Crippen LogP contribution in [-0.2, 0) is 0 Å². The highest BCUT2D eigenvalue weighted by molar-refractivity contribution is 5.80. The maximum Gasteiger partial charge on any atom is 0.286 e. The minimum atomic E-state index is -0.926. The molecule has 14 heavy (non-hydrogen) atoms. The van der Waals surface area contributed by atoms with Crippen molar-refractivity contribution in [2.24, 2.45) is 15.9 Å². The molecule has 0 bridgehead atoms. The van der Waals surface area contributed by atoms with Gasteiger partial charge in [0, 0.05) is 0 Å². The van der Waals surface area contributed by atoms with Crippen molar-refractivity contribution in [3.05, 3.63) is 34.3 Å². The molecule has 1 aromatic heterocycles. The summed E-state index contributed by atoms with van der Waals surface area (Å²) in [6.45, 7) is 0. The topological polar surface area (TPSA) is 119 Å². The van der Waals surface area contributed by atoms with E-state index in [0.29, 0.717) is 5.76 Å². The van der Waals surface area contributed by atoms with Crippen molar-refractivity contribution in [3.63, 3.8) is 0 Å². The van der Waals surface area contributed by atoms with Crippen LogP contribution in [0.3, 0.4) is 0 Å². The lowest BCUT2D eigenvalue weighted by atomic mass is 10.5. The molecular weight excluding hydrogens is 190 g/mol. The number of nitrogens with one attached hydrogen (secondary N) is 1. The van der Waals surface area contributed by atoms with E-state index in [1.165, 1.54) is 12.5 Å². The first-order valence-corrected chi connectivity index (χ1v) is 3.49. The molecule has 1 heterocycles. The van der Waals surface area contributed by atoms with Gasteiger partial charge < -0.3 is 10.2 Å². The molecule has 1 aromatic rings. The molecule has 0 aliphatic carbocycles. The molecule has 0 aromatic carbocycles. The molecule has 8 nitrogen and oxygen atoms in total. The number of nitro groups is 1. The van der Waals surface area contributed by atoms with Gasteiger partial charge in [-0.3, -0.25) is 0 Å². The maximum absolute atomic E-state index is 9.83. The Morgan fingerprint density at radius 2 is 2.57 bits per heavy atom. The zero-order chi connectivity index (χ0) is 10.4. The van der Waals surface area contributed by atoms with Gasteiger partial charge in [0.1, 0.15) is 10.9 Å². The van der Waals surface area contributed by atoms with E-state index in [0.717, 1.165) is 0 Å². The Labute approximate surface area is 78.2 Å². The van der Waals surface area contributed by atoms with E-state index in [9.17, 15) is 10.1 Å². The van der Waals surface area contributed by atoms with Crippen LogP contribution in [0, 0.1) is 10.1 Å². The highest BCUT2D eigenvalue weighted by Crippen LogP contribution is 1.94. The molecular formula is C6H7N5O3. The van der Waals surface area contributed by atoms with Crippen LogP contribution in [0.25, 0.3) is 0 Å². The van der Waals surface area contributed by atoms with Crippen LogP contribution >= 0.6 is 0 Å². The monoisotopic (exact) mass is 197 g/mol. The molecule has 0 unspecified atom stereocenters. The quantitative estimate of drug-likeness (QED) is 0.298. The molecule has 0 fully saturated rings. The minimum Gasteiger partial charge on any atom is -0.463 e. The fourth-order valence-electron chi connectivity index (χ4n) is 0.637. The first kappa shape index (κ1) is 9.71. The standard InChI is InChI=1S/C6H7N5O3/c7-6(10-11(12)13)9-8-4-5-2-1-3-14-5/h1-4H,(H3,7,9,10)/b8-4-. The summed E-state index contributed by atoms with van der Waals surface area (Å²) in [6, 6.07) is 3.34. The summed E-state index contributed by atoms with van der Waals surface area (Å²) in [5.41, 5.74) is 7.21. The molecule has 0 saturated heterocycles. The van der Waals surface area contributed by atoms with E-state index in [1.54, 1.807) is 12.1 Å². The maximum atomic E-state index is 9.83. The largest absolute Gasteiger partial charge is 0.463 e.